The van der Waals surface area contributed by atoms with Crippen LogP contribution >= 0.6 is 0 Å². The highest BCUT2D eigenvalue weighted by atomic mass is 16.6. The van der Waals surface area contributed by atoms with E-state index in [4.69, 9.17) is 4.74 Å². The molecule has 8 nitrogen and oxygen atoms in total. The van der Waals surface area contributed by atoms with E-state index < -0.39 is 29.7 Å². The fourth-order valence-corrected chi connectivity index (χ4v) is 4.94. The smallest absolute Gasteiger partial charge is 0.408 e. The van der Waals surface area contributed by atoms with Gasteiger partial charge < -0.3 is 20.3 Å². The largest absolute Gasteiger partial charge is 0.444 e. The van der Waals surface area contributed by atoms with Crippen molar-refractivity contribution in [2.45, 2.75) is 89.9 Å². The Morgan fingerprint density at radius 3 is 2.28 bits per heavy atom. The van der Waals surface area contributed by atoms with Crippen LogP contribution in [0, 0.1) is 18.3 Å². The van der Waals surface area contributed by atoms with Crippen LogP contribution in [0.2, 0.25) is 0 Å². The van der Waals surface area contributed by atoms with Gasteiger partial charge in [0.25, 0.3) is 0 Å². The highest BCUT2D eigenvalue weighted by molar-refractivity contribution is 5.92. The summed E-state index contributed by atoms with van der Waals surface area (Å²) in [5.74, 6) is -0.853. The molecule has 2 unspecified atom stereocenters. The molecule has 0 bridgehead atoms. The molecule has 2 N–H and O–H groups in total. The standard InChI is InChI=1S/C31H40N4O4/c1-22-13-11-12-18-25(22)27(28(36)33-24-16-9-6-10-17-24)35(20-19-32)29(37)26(21-23-14-7-5-8-15-23)34-30(38)39-31(2,3)4/h5,7-8,11-15,18,24,26-27H,6,9-10,16-17,20-21H2,1-4H3,(H,33,36)(H,34,38). The van der Waals surface area contributed by atoms with E-state index in [0.717, 1.165) is 43.2 Å². The summed E-state index contributed by atoms with van der Waals surface area (Å²) in [5, 5.41) is 15.6. The molecule has 2 atom stereocenters. The van der Waals surface area contributed by atoms with Crippen LogP contribution in [0.1, 0.15) is 75.6 Å². The van der Waals surface area contributed by atoms with Gasteiger partial charge in [-0.2, -0.15) is 5.26 Å². The van der Waals surface area contributed by atoms with E-state index in [1.54, 1.807) is 20.8 Å². The Morgan fingerprint density at radius 1 is 1.03 bits per heavy atom. The summed E-state index contributed by atoms with van der Waals surface area (Å²) in [7, 11) is 0. The summed E-state index contributed by atoms with van der Waals surface area (Å²) in [6.45, 7) is 6.79. The molecule has 0 spiro atoms. The number of alkyl carbamates (subject to hydrolysis) is 1. The SMILES string of the molecule is Cc1ccccc1C(C(=O)NC1CCCCC1)N(CC#N)C(=O)C(Cc1ccccc1)NC(=O)OC(C)(C)C. The molecule has 0 aromatic heterocycles. The van der Waals surface area contributed by atoms with Crippen molar-refractivity contribution in [2.75, 3.05) is 6.54 Å². The topological polar surface area (TPSA) is 112 Å². The van der Waals surface area contributed by atoms with Crippen molar-refractivity contribution in [2.24, 2.45) is 0 Å². The van der Waals surface area contributed by atoms with Crippen molar-refractivity contribution < 1.29 is 19.1 Å². The number of nitriles is 1. The van der Waals surface area contributed by atoms with Crippen molar-refractivity contribution in [3.05, 3.63) is 71.3 Å². The highest BCUT2D eigenvalue weighted by Gasteiger charge is 2.37. The van der Waals surface area contributed by atoms with Gasteiger partial charge >= 0.3 is 6.09 Å². The van der Waals surface area contributed by atoms with Gasteiger partial charge in [0.15, 0.2) is 0 Å². The van der Waals surface area contributed by atoms with Gasteiger partial charge in [-0.05, 0) is 57.2 Å². The zero-order valence-corrected chi connectivity index (χ0v) is 23.4. The van der Waals surface area contributed by atoms with Crippen LogP contribution in [-0.2, 0) is 20.7 Å². The Kier molecular flexibility index (Phi) is 10.5. The first-order chi connectivity index (χ1) is 18.6. The van der Waals surface area contributed by atoms with Crippen LogP contribution < -0.4 is 10.6 Å². The van der Waals surface area contributed by atoms with Crippen molar-refractivity contribution in [3.63, 3.8) is 0 Å². The number of hydrogen-bond acceptors (Lipinski definition) is 5. The second-order valence-electron chi connectivity index (χ2n) is 11.1. The number of rotatable bonds is 9. The number of carbonyl (C=O) groups is 3. The fourth-order valence-electron chi connectivity index (χ4n) is 4.94. The Labute approximate surface area is 231 Å². The second kappa shape index (κ2) is 13.8. The molecule has 3 amide bonds. The number of carbonyl (C=O) groups excluding carboxylic acids is 3. The van der Waals surface area contributed by atoms with E-state index in [1.807, 2.05) is 61.5 Å². The molecule has 3 rings (SSSR count). The van der Waals surface area contributed by atoms with Crippen LogP contribution in [-0.4, -0.2) is 47.0 Å². The Morgan fingerprint density at radius 2 is 1.67 bits per heavy atom. The summed E-state index contributed by atoms with van der Waals surface area (Å²) in [6.07, 6.45) is 4.42. The van der Waals surface area contributed by atoms with Gasteiger partial charge in [0.2, 0.25) is 11.8 Å². The van der Waals surface area contributed by atoms with Gasteiger partial charge in [0.1, 0.15) is 24.2 Å². The maximum atomic E-state index is 14.2. The Bertz CT molecular complexity index is 1160. The molecule has 0 saturated heterocycles. The lowest BCUT2D eigenvalue weighted by Gasteiger charge is -2.35. The van der Waals surface area contributed by atoms with Crippen molar-refractivity contribution in [1.29, 1.82) is 5.26 Å². The molecule has 0 aliphatic heterocycles. The minimum Gasteiger partial charge on any atom is -0.444 e. The van der Waals surface area contributed by atoms with E-state index in [9.17, 15) is 19.6 Å². The van der Waals surface area contributed by atoms with Crippen LogP contribution in [0.5, 0.6) is 0 Å². The van der Waals surface area contributed by atoms with E-state index in [1.165, 1.54) is 4.90 Å². The maximum absolute atomic E-state index is 14.2. The lowest BCUT2D eigenvalue weighted by Crippen LogP contribution is -2.54. The predicted molar refractivity (Wildman–Crippen MR) is 150 cm³/mol. The summed E-state index contributed by atoms with van der Waals surface area (Å²) < 4.78 is 5.44. The van der Waals surface area contributed by atoms with E-state index in [2.05, 4.69) is 16.7 Å². The second-order valence-corrected chi connectivity index (χ2v) is 11.1. The molecule has 1 saturated carbocycles. The monoisotopic (exact) mass is 532 g/mol. The molecule has 1 fully saturated rings. The summed E-state index contributed by atoms with van der Waals surface area (Å²) in [4.78, 5) is 42.1. The first kappa shape index (κ1) is 29.7. The molecule has 1 aliphatic rings. The molecule has 8 heteroatoms. The number of hydrogen-bond donors (Lipinski definition) is 2. The minimum atomic E-state index is -1.05. The van der Waals surface area contributed by atoms with E-state index in [0.29, 0.717) is 5.56 Å². The maximum Gasteiger partial charge on any atom is 0.408 e. The molecule has 0 radical (unpaired) electrons. The van der Waals surface area contributed by atoms with Gasteiger partial charge in [-0.3, -0.25) is 9.59 Å². The molecule has 2 aromatic rings. The normalized spacial score (nSPS) is 15.4. The van der Waals surface area contributed by atoms with Gasteiger partial charge in [0.05, 0.1) is 6.07 Å². The fraction of sp³-hybridized carbons (Fsp3) is 0.484. The van der Waals surface area contributed by atoms with E-state index in [-0.39, 0.29) is 24.9 Å². The zero-order chi connectivity index (χ0) is 28.4. The van der Waals surface area contributed by atoms with Gasteiger partial charge in [-0.1, -0.05) is 73.9 Å². The van der Waals surface area contributed by atoms with Crippen LogP contribution in [0.15, 0.2) is 54.6 Å². The minimum absolute atomic E-state index is 0.0248. The first-order valence-electron chi connectivity index (χ1n) is 13.7. The van der Waals surface area contributed by atoms with Crippen molar-refractivity contribution in [1.82, 2.24) is 15.5 Å². The van der Waals surface area contributed by atoms with Crippen molar-refractivity contribution in [3.8, 4) is 6.07 Å². The predicted octanol–water partition coefficient (Wildman–Crippen LogP) is 4.97. The summed E-state index contributed by atoms with van der Waals surface area (Å²) in [6, 6.07) is 16.7. The third kappa shape index (κ3) is 8.85. The molecule has 0 heterocycles. The number of ether oxygens (including phenoxy) is 1. The molecular formula is C31H40N4O4. The first-order valence-corrected chi connectivity index (χ1v) is 13.7. The van der Waals surface area contributed by atoms with Gasteiger partial charge in [-0.15, -0.1) is 0 Å². The van der Waals surface area contributed by atoms with Crippen LogP contribution in [0.4, 0.5) is 4.79 Å². The highest BCUT2D eigenvalue weighted by Crippen LogP contribution is 2.27. The summed E-state index contributed by atoms with van der Waals surface area (Å²) in [5.41, 5.74) is 1.53. The molecule has 2 aromatic carbocycles. The summed E-state index contributed by atoms with van der Waals surface area (Å²) >= 11 is 0. The number of aryl methyl sites for hydroxylation is 1. The lowest BCUT2D eigenvalue weighted by atomic mass is 9.93. The quantitative estimate of drug-likeness (QED) is 0.443. The number of nitrogens with zero attached hydrogens (tertiary/aromatic N) is 2. The average molecular weight is 533 g/mol. The molecule has 208 valence electrons. The molecule has 1 aliphatic carbocycles. The average Bonchev–Trinajstić information content (AvgIpc) is 2.89. The Balaban J connectivity index is 1.99. The Hall–Kier alpha value is -3.86. The third-order valence-corrected chi connectivity index (χ3v) is 6.79. The van der Waals surface area contributed by atoms with Crippen LogP contribution in [0.3, 0.4) is 0 Å². The van der Waals surface area contributed by atoms with Gasteiger partial charge in [0, 0.05) is 12.5 Å². The third-order valence-electron chi connectivity index (χ3n) is 6.79. The lowest BCUT2D eigenvalue weighted by molar-refractivity contribution is -0.142. The van der Waals surface area contributed by atoms with Crippen molar-refractivity contribution >= 4 is 17.9 Å². The van der Waals surface area contributed by atoms with E-state index >= 15 is 0 Å². The molecular weight excluding hydrogens is 492 g/mol. The number of nitrogens with one attached hydrogen (secondary N) is 2. The van der Waals surface area contributed by atoms with Gasteiger partial charge in [-0.25, -0.2) is 4.79 Å². The zero-order valence-electron chi connectivity index (χ0n) is 23.4. The number of amides is 3. The number of benzene rings is 2. The van der Waals surface area contributed by atoms with Crippen LogP contribution in [0.25, 0.3) is 0 Å². The molecule has 39 heavy (non-hydrogen) atoms.